The van der Waals surface area contributed by atoms with Gasteiger partial charge >= 0.3 is 6.03 Å². The van der Waals surface area contributed by atoms with Crippen molar-refractivity contribution >= 4 is 52.2 Å². The lowest BCUT2D eigenvalue weighted by Crippen LogP contribution is -2.54. The molecule has 1 saturated heterocycles. The molecule has 3 aromatic rings. The molecule has 0 spiro atoms. The molecule has 1 aliphatic heterocycles. The molecule has 0 unspecified atom stereocenters. The zero-order valence-corrected chi connectivity index (χ0v) is 22.4. The molecule has 4 amide bonds. The van der Waals surface area contributed by atoms with Gasteiger partial charge in [0.15, 0.2) is 11.5 Å². The molecule has 9 heteroatoms. The van der Waals surface area contributed by atoms with Gasteiger partial charge in [0.05, 0.1) is 15.9 Å². The maximum absolute atomic E-state index is 13.5. The van der Waals surface area contributed by atoms with E-state index in [1.807, 2.05) is 26.0 Å². The summed E-state index contributed by atoms with van der Waals surface area (Å²) in [7, 11) is 0. The molecule has 0 aliphatic carbocycles. The molecule has 0 radical (unpaired) electrons. The van der Waals surface area contributed by atoms with Gasteiger partial charge in [0.25, 0.3) is 11.8 Å². The predicted octanol–water partition coefficient (Wildman–Crippen LogP) is 5.64. The van der Waals surface area contributed by atoms with E-state index < -0.39 is 17.8 Å². The van der Waals surface area contributed by atoms with E-state index in [0.29, 0.717) is 38.5 Å². The number of amides is 4. The number of benzene rings is 3. The minimum atomic E-state index is -0.804. The van der Waals surface area contributed by atoms with Crippen molar-refractivity contribution in [3.05, 3.63) is 92.3 Å². The molecule has 1 N–H and O–H groups in total. The lowest BCUT2D eigenvalue weighted by Gasteiger charge is -2.26. The van der Waals surface area contributed by atoms with Crippen LogP contribution < -0.4 is 19.7 Å². The first-order chi connectivity index (χ1) is 17.8. The lowest BCUT2D eigenvalue weighted by molar-refractivity contribution is -0.122. The van der Waals surface area contributed by atoms with Crippen LogP contribution in [-0.4, -0.2) is 24.5 Å². The quantitative estimate of drug-likeness (QED) is 0.202. The fourth-order valence-electron chi connectivity index (χ4n) is 3.80. The summed E-state index contributed by atoms with van der Waals surface area (Å²) < 4.78 is 25.9. The Labute approximate surface area is 227 Å². The van der Waals surface area contributed by atoms with E-state index >= 15 is 0 Å². The van der Waals surface area contributed by atoms with Crippen LogP contribution in [0.25, 0.3) is 6.08 Å². The first-order valence-corrected chi connectivity index (χ1v) is 12.7. The molecule has 0 saturated carbocycles. The van der Waals surface area contributed by atoms with Gasteiger partial charge in [-0.15, -0.1) is 0 Å². The van der Waals surface area contributed by atoms with E-state index in [-0.39, 0.29) is 18.0 Å². The zero-order chi connectivity index (χ0) is 26.5. The maximum Gasteiger partial charge on any atom is 0.335 e. The molecule has 1 fully saturated rings. The van der Waals surface area contributed by atoms with E-state index in [0.717, 1.165) is 16.9 Å². The average Bonchev–Trinajstić information content (AvgIpc) is 2.86. The maximum atomic E-state index is 13.5. The Morgan fingerprint density at radius 2 is 1.73 bits per heavy atom. The van der Waals surface area contributed by atoms with Crippen LogP contribution in [0.3, 0.4) is 0 Å². The molecule has 0 bridgehead atoms. The first-order valence-electron chi connectivity index (χ1n) is 11.6. The van der Waals surface area contributed by atoms with Gasteiger partial charge in [0.2, 0.25) is 0 Å². The molecule has 37 heavy (non-hydrogen) atoms. The number of aryl methyl sites for hydroxylation is 1. The second-order valence-corrected chi connectivity index (χ2v) is 9.32. The highest BCUT2D eigenvalue weighted by Gasteiger charge is 2.36. The molecule has 4 rings (SSSR count). The number of hydrogen-bond donors (Lipinski definition) is 1. The number of nitrogens with one attached hydrogen (secondary N) is 1. The Balaban J connectivity index is 1.65. The highest BCUT2D eigenvalue weighted by Crippen LogP contribution is 2.36. The number of barbiturate groups is 1. The van der Waals surface area contributed by atoms with Crippen molar-refractivity contribution in [2.75, 3.05) is 11.5 Å². The van der Waals surface area contributed by atoms with Gasteiger partial charge in [-0.1, -0.05) is 31.2 Å². The van der Waals surface area contributed by atoms with Gasteiger partial charge < -0.3 is 9.47 Å². The van der Waals surface area contributed by atoms with Gasteiger partial charge in [-0.3, -0.25) is 14.9 Å². The minimum absolute atomic E-state index is 0.128. The predicted molar refractivity (Wildman–Crippen MR) is 146 cm³/mol. The van der Waals surface area contributed by atoms with Crippen molar-refractivity contribution in [3.63, 3.8) is 0 Å². The minimum Gasteiger partial charge on any atom is -0.490 e. The molecular weight excluding hydrogens is 590 g/mol. The Kier molecular flexibility index (Phi) is 8.22. The topological polar surface area (TPSA) is 84.9 Å². The van der Waals surface area contributed by atoms with Crippen molar-refractivity contribution in [2.24, 2.45) is 0 Å². The highest BCUT2D eigenvalue weighted by atomic mass is 127. The van der Waals surface area contributed by atoms with Crippen LogP contribution in [-0.2, 0) is 22.6 Å². The van der Waals surface area contributed by atoms with Gasteiger partial charge in [0, 0.05) is 0 Å². The Morgan fingerprint density at radius 1 is 0.973 bits per heavy atom. The molecule has 0 aromatic heterocycles. The van der Waals surface area contributed by atoms with Gasteiger partial charge in [-0.25, -0.2) is 14.1 Å². The summed E-state index contributed by atoms with van der Waals surface area (Å²) in [6.45, 7) is 4.30. The third-order valence-electron chi connectivity index (χ3n) is 5.62. The smallest absolute Gasteiger partial charge is 0.335 e. The normalized spacial score (nSPS) is 14.6. The molecule has 1 heterocycles. The van der Waals surface area contributed by atoms with Crippen LogP contribution in [0.2, 0.25) is 0 Å². The van der Waals surface area contributed by atoms with Gasteiger partial charge in [0.1, 0.15) is 18.0 Å². The van der Waals surface area contributed by atoms with E-state index in [9.17, 15) is 18.8 Å². The number of anilines is 1. The van der Waals surface area contributed by atoms with E-state index in [1.54, 1.807) is 36.4 Å². The lowest BCUT2D eigenvalue weighted by atomic mass is 10.1. The third kappa shape index (κ3) is 5.99. The van der Waals surface area contributed by atoms with Crippen molar-refractivity contribution < 1.29 is 28.2 Å². The van der Waals surface area contributed by atoms with Crippen molar-refractivity contribution in [2.45, 2.75) is 26.9 Å². The number of rotatable bonds is 8. The van der Waals surface area contributed by atoms with Crippen molar-refractivity contribution in [3.8, 4) is 11.5 Å². The standard InChI is InChI=1S/C28H24FIN2O5/c1-3-17-8-10-21(11-9-17)32-27(34)22(26(33)31-28(32)35)13-19-14-23(30)25(24(15-19)36-4-2)37-16-18-6-5-7-20(29)12-18/h5-15H,3-4,16H2,1-2H3,(H,31,33,35)/b22-13-. The van der Waals surface area contributed by atoms with Crippen LogP contribution in [0.4, 0.5) is 14.9 Å². The monoisotopic (exact) mass is 614 g/mol. The van der Waals surface area contributed by atoms with Crippen LogP contribution in [0.5, 0.6) is 11.5 Å². The third-order valence-corrected chi connectivity index (χ3v) is 6.42. The summed E-state index contributed by atoms with van der Waals surface area (Å²) in [6, 6.07) is 15.7. The zero-order valence-electron chi connectivity index (χ0n) is 20.2. The molecule has 3 aromatic carbocycles. The van der Waals surface area contributed by atoms with Crippen LogP contribution >= 0.6 is 22.6 Å². The van der Waals surface area contributed by atoms with Gasteiger partial charge in [-0.2, -0.15) is 0 Å². The summed E-state index contributed by atoms with van der Waals surface area (Å²) in [5, 5.41) is 2.24. The number of urea groups is 1. The van der Waals surface area contributed by atoms with Crippen LogP contribution in [0.15, 0.2) is 66.2 Å². The van der Waals surface area contributed by atoms with Crippen molar-refractivity contribution in [1.82, 2.24) is 5.32 Å². The second kappa shape index (κ2) is 11.5. The SMILES string of the molecule is CCOc1cc(/C=C2/C(=O)NC(=O)N(c3ccc(CC)cc3)C2=O)cc(I)c1OCc1cccc(F)c1. The van der Waals surface area contributed by atoms with Crippen LogP contribution in [0.1, 0.15) is 30.5 Å². The number of carbonyl (C=O) groups excluding carboxylic acids is 3. The number of nitrogens with zero attached hydrogens (tertiary/aromatic N) is 1. The molecule has 1 aliphatic rings. The van der Waals surface area contributed by atoms with E-state index in [4.69, 9.17) is 9.47 Å². The Hall–Kier alpha value is -3.73. The molecule has 0 atom stereocenters. The first kappa shape index (κ1) is 26.3. The fraction of sp³-hybridized carbons (Fsp3) is 0.179. The number of hydrogen-bond acceptors (Lipinski definition) is 5. The number of halogens is 2. The average molecular weight is 614 g/mol. The second-order valence-electron chi connectivity index (χ2n) is 8.16. The number of carbonyl (C=O) groups is 3. The molecular formula is C28H24FIN2O5. The summed E-state index contributed by atoms with van der Waals surface area (Å²) in [5.41, 5.74) is 2.40. The number of imide groups is 2. The van der Waals surface area contributed by atoms with E-state index in [1.165, 1.54) is 18.2 Å². The number of ether oxygens (including phenoxy) is 2. The largest absolute Gasteiger partial charge is 0.490 e. The summed E-state index contributed by atoms with van der Waals surface area (Å²) in [6.07, 6.45) is 2.23. The van der Waals surface area contributed by atoms with E-state index in [2.05, 4.69) is 27.9 Å². The van der Waals surface area contributed by atoms with Gasteiger partial charge in [-0.05, 0) is 95.1 Å². The van der Waals surface area contributed by atoms with Crippen LogP contribution in [0, 0.1) is 9.39 Å². The summed E-state index contributed by atoms with van der Waals surface area (Å²) >= 11 is 2.07. The summed E-state index contributed by atoms with van der Waals surface area (Å²) in [4.78, 5) is 39.3. The Morgan fingerprint density at radius 3 is 2.41 bits per heavy atom. The highest BCUT2D eigenvalue weighted by molar-refractivity contribution is 14.1. The molecule has 190 valence electrons. The molecule has 7 nitrogen and oxygen atoms in total. The Bertz CT molecular complexity index is 1390. The van der Waals surface area contributed by atoms with Crippen molar-refractivity contribution in [1.29, 1.82) is 0 Å². The fourth-order valence-corrected chi connectivity index (χ4v) is 4.58. The summed E-state index contributed by atoms with van der Waals surface area (Å²) in [5.74, 6) is -0.995.